The third-order valence-electron chi connectivity index (χ3n) is 5.76. The van der Waals surface area contributed by atoms with Crippen LogP contribution in [-0.4, -0.2) is 32.6 Å². The van der Waals surface area contributed by atoms with Crippen LogP contribution in [0.3, 0.4) is 0 Å². The highest BCUT2D eigenvalue weighted by molar-refractivity contribution is 5.97. The molecule has 1 amide bonds. The van der Waals surface area contributed by atoms with Crippen molar-refractivity contribution in [1.82, 2.24) is 14.9 Å². The Bertz CT molecular complexity index is 1030. The number of benzene rings is 1. The van der Waals surface area contributed by atoms with Crippen LogP contribution < -0.4 is 5.32 Å². The van der Waals surface area contributed by atoms with Gasteiger partial charge in [-0.3, -0.25) is 9.59 Å². The average molecular weight is 426 g/mol. The van der Waals surface area contributed by atoms with Crippen molar-refractivity contribution in [1.29, 1.82) is 0 Å². The SMILES string of the molecule is CCC(CC)n1c(Cc2ccco2)nc2cc(C(=O)NC(CC(=O)O)C(C)C)ccc21. The van der Waals surface area contributed by atoms with Crippen molar-refractivity contribution in [3.8, 4) is 0 Å². The van der Waals surface area contributed by atoms with Crippen LogP contribution in [0.5, 0.6) is 0 Å². The molecular weight excluding hydrogens is 394 g/mol. The van der Waals surface area contributed by atoms with Crippen LogP contribution in [0.15, 0.2) is 41.0 Å². The summed E-state index contributed by atoms with van der Waals surface area (Å²) in [6.07, 6.45) is 4.07. The molecule has 0 radical (unpaired) electrons. The number of nitrogens with zero attached hydrogens (tertiary/aromatic N) is 2. The number of hydrogen-bond acceptors (Lipinski definition) is 4. The van der Waals surface area contributed by atoms with E-state index >= 15 is 0 Å². The Balaban J connectivity index is 1.96. The van der Waals surface area contributed by atoms with Gasteiger partial charge in [0.15, 0.2) is 0 Å². The van der Waals surface area contributed by atoms with Gasteiger partial charge in [-0.2, -0.15) is 0 Å². The minimum atomic E-state index is -0.930. The number of carboxylic acid groups (broad SMARTS) is 1. The summed E-state index contributed by atoms with van der Waals surface area (Å²) in [6.45, 7) is 8.12. The maximum absolute atomic E-state index is 12.8. The minimum absolute atomic E-state index is 0.0118. The van der Waals surface area contributed by atoms with E-state index in [1.165, 1.54) is 0 Å². The number of carbonyl (C=O) groups is 2. The van der Waals surface area contributed by atoms with Crippen molar-refractivity contribution >= 4 is 22.9 Å². The summed E-state index contributed by atoms with van der Waals surface area (Å²) in [5.74, 6) is 0.543. The van der Waals surface area contributed by atoms with E-state index in [2.05, 4.69) is 23.7 Å². The monoisotopic (exact) mass is 425 g/mol. The van der Waals surface area contributed by atoms with Gasteiger partial charge in [0.1, 0.15) is 11.6 Å². The van der Waals surface area contributed by atoms with Crippen molar-refractivity contribution < 1.29 is 19.1 Å². The molecule has 7 nitrogen and oxygen atoms in total. The number of carboxylic acids is 1. The van der Waals surface area contributed by atoms with Gasteiger partial charge in [0.05, 0.1) is 30.1 Å². The van der Waals surface area contributed by atoms with E-state index in [0.29, 0.717) is 18.0 Å². The van der Waals surface area contributed by atoms with Gasteiger partial charge in [0.25, 0.3) is 5.91 Å². The number of hydrogen-bond donors (Lipinski definition) is 2. The molecule has 31 heavy (non-hydrogen) atoms. The van der Waals surface area contributed by atoms with Crippen molar-refractivity contribution in [2.45, 2.75) is 65.5 Å². The minimum Gasteiger partial charge on any atom is -0.481 e. The molecule has 2 N–H and O–H groups in total. The highest BCUT2D eigenvalue weighted by atomic mass is 16.4. The Morgan fingerprint density at radius 2 is 1.94 bits per heavy atom. The van der Waals surface area contributed by atoms with Crippen LogP contribution in [-0.2, 0) is 11.2 Å². The first kappa shape index (κ1) is 22.6. The van der Waals surface area contributed by atoms with Crippen LogP contribution in [0.25, 0.3) is 11.0 Å². The third kappa shape index (κ3) is 5.16. The summed E-state index contributed by atoms with van der Waals surface area (Å²) in [6, 6.07) is 9.17. The molecule has 2 heterocycles. The molecule has 0 saturated carbocycles. The fourth-order valence-electron chi connectivity index (χ4n) is 3.94. The lowest BCUT2D eigenvalue weighted by Crippen LogP contribution is -2.40. The number of nitrogens with one attached hydrogen (secondary N) is 1. The van der Waals surface area contributed by atoms with Crippen LogP contribution in [0.2, 0.25) is 0 Å². The first-order chi connectivity index (χ1) is 14.8. The Labute approximate surface area is 182 Å². The number of imidazole rings is 1. The van der Waals surface area contributed by atoms with Gasteiger partial charge in [-0.1, -0.05) is 27.7 Å². The van der Waals surface area contributed by atoms with E-state index in [9.17, 15) is 9.59 Å². The molecular formula is C24H31N3O4. The zero-order chi connectivity index (χ0) is 22.5. The van der Waals surface area contributed by atoms with Crippen molar-refractivity contribution in [2.24, 2.45) is 5.92 Å². The molecule has 0 aliphatic rings. The predicted octanol–water partition coefficient (Wildman–Crippen LogP) is 4.81. The van der Waals surface area contributed by atoms with E-state index in [0.717, 1.165) is 35.5 Å². The highest BCUT2D eigenvalue weighted by Gasteiger charge is 2.22. The quantitative estimate of drug-likeness (QED) is 0.486. The maximum Gasteiger partial charge on any atom is 0.305 e. The molecule has 0 spiro atoms. The van der Waals surface area contributed by atoms with Crippen molar-refractivity contribution in [3.05, 3.63) is 53.7 Å². The number of furan rings is 1. The summed E-state index contributed by atoms with van der Waals surface area (Å²) in [4.78, 5) is 28.8. The standard InChI is InChI=1S/C24H31N3O4/c1-5-17(6-2)27-21-10-9-16(24(30)26-19(15(3)4)14-23(28)29)12-20(21)25-22(27)13-18-8-7-11-31-18/h7-12,15,17,19H,5-6,13-14H2,1-4H3,(H,26,30)(H,28,29). The molecule has 0 aliphatic carbocycles. The largest absolute Gasteiger partial charge is 0.481 e. The molecule has 0 fully saturated rings. The fourth-order valence-corrected chi connectivity index (χ4v) is 3.94. The van der Waals surface area contributed by atoms with Gasteiger partial charge in [-0.25, -0.2) is 4.98 Å². The Hall–Kier alpha value is -3.09. The predicted molar refractivity (Wildman–Crippen MR) is 119 cm³/mol. The summed E-state index contributed by atoms with van der Waals surface area (Å²) >= 11 is 0. The topological polar surface area (TPSA) is 97.4 Å². The maximum atomic E-state index is 12.8. The summed E-state index contributed by atoms with van der Waals surface area (Å²) < 4.78 is 7.78. The molecule has 166 valence electrons. The zero-order valence-electron chi connectivity index (χ0n) is 18.6. The lowest BCUT2D eigenvalue weighted by atomic mass is 10.0. The van der Waals surface area contributed by atoms with Crippen LogP contribution in [0.4, 0.5) is 0 Å². The Kier molecular flexibility index (Phi) is 7.15. The van der Waals surface area contributed by atoms with E-state index in [-0.39, 0.29) is 18.2 Å². The number of carbonyl (C=O) groups excluding carboxylic acids is 1. The van der Waals surface area contributed by atoms with Gasteiger partial charge >= 0.3 is 5.97 Å². The molecule has 7 heteroatoms. The van der Waals surface area contributed by atoms with Crippen LogP contribution in [0.1, 0.15) is 74.9 Å². The second-order valence-corrected chi connectivity index (χ2v) is 8.25. The van der Waals surface area contributed by atoms with Crippen molar-refractivity contribution in [2.75, 3.05) is 0 Å². The third-order valence-corrected chi connectivity index (χ3v) is 5.76. The molecule has 1 aromatic carbocycles. The van der Waals surface area contributed by atoms with Crippen LogP contribution in [0, 0.1) is 5.92 Å². The van der Waals surface area contributed by atoms with E-state index in [1.54, 1.807) is 18.4 Å². The number of rotatable bonds is 10. The average Bonchev–Trinajstić information content (AvgIpc) is 3.36. The van der Waals surface area contributed by atoms with Gasteiger partial charge in [-0.05, 0) is 49.1 Å². The Morgan fingerprint density at radius 3 is 2.52 bits per heavy atom. The molecule has 2 aromatic heterocycles. The number of amides is 1. The van der Waals surface area contributed by atoms with Gasteiger partial charge in [0, 0.05) is 17.6 Å². The normalized spacial score (nSPS) is 12.6. The molecule has 3 rings (SSSR count). The zero-order valence-corrected chi connectivity index (χ0v) is 18.6. The highest BCUT2D eigenvalue weighted by Crippen LogP contribution is 2.28. The summed E-state index contributed by atoms with van der Waals surface area (Å²) in [5, 5.41) is 12.0. The first-order valence-corrected chi connectivity index (χ1v) is 10.9. The molecule has 1 unspecified atom stereocenters. The molecule has 0 saturated heterocycles. The molecule has 0 aliphatic heterocycles. The van der Waals surface area contributed by atoms with Crippen LogP contribution >= 0.6 is 0 Å². The van der Waals surface area contributed by atoms with Gasteiger partial charge in [0.2, 0.25) is 0 Å². The van der Waals surface area contributed by atoms with Crippen molar-refractivity contribution in [3.63, 3.8) is 0 Å². The lowest BCUT2D eigenvalue weighted by Gasteiger charge is -2.21. The smallest absolute Gasteiger partial charge is 0.305 e. The number of aromatic nitrogens is 2. The lowest BCUT2D eigenvalue weighted by molar-refractivity contribution is -0.137. The second-order valence-electron chi connectivity index (χ2n) is 8.25. The molecule has 3 aromatic rings. The van der Waals surface area contributed by atoms with E-state index < -0.39 is 12.0 Å². The number of aliphatic carboxylic acids is 1. The summed E-state index contributed by atoms with van der Waals surface area (Å²) in [7, 11) is 0. The Morgan fingerprint density at radius 1 is 1.19 bits per heavy atom. The van der Waals surface area contributed by atoms with E-state index in [1.807, 2.05) is 32.0 Å². The second kappa shape index (κ2) is 9.81. The molecule has 0 bridgehead atoms. The molecule has 1 atom stereocenters. The fraction of sp³-hybridized carbons (Fsp3) is 0.458. The number of fused-ring (bicyclic) bond motifs is 1. The first-order valence-electron chi connectivity index (χ1n) is 10.9. The summed E-state index contributed by atoms with van der Waals surface area (Å²) in [5.41, 5.74) is 2.21. The van der Waals surface area contributed by atoms with Gasteiger partial charge < -0.3 is 19.4 Å². The van der Waals surface area contributed by atoms with E-state index in [4.69, 9.17) is 14.5 Å². The van der Waals surface area contributed by atoms with Gasteiger partial charge in [-0.15, -0.1) is 0 Å².